The van der Waals surface area contributed by atoms with Crippen molar-refractivity contribution >= 4 is 34.0 Å². The molecule has 2 amide bonds. The van der Waals surface area contributed by atoms with Gasteiger partial charge in [-0.15, -0.1) is 10.2 Å². The van der Waals surface area contributed by atoms with Gasteiger partial charge in [0.15, 0.2) is 0 Å². The number of nitrogens with one attached hydrogen (secondary N) is 1. The molecule has 2 atom stereocenters. The molecular weight excluding hydrogens is 359 g/mol. The lowest BCUT2D eigenvalue weighted by atomic mass is 10.1. The Balaban J connectivity index is 1.42. The monoisotopic (exact) mass is 376 g/mol. The Bertz CT molecular complexity index is 820. The van der Waals surface area contributed by atoms with Crippen molar-refractivity contribution in [3.05, 3.63) is 35.1 Å². The van der Waals surface area contributed by atoms with Crippen LogP contribution in [-0.4, -0.2) is 41.3 Å². The first-order chi connectivity index (χ1) is 12.6. The lowest BCUT2D eigenvalue weighted by Gasteiger charge is -2.16. The van der Waals surface area contributed by atoms with Crippen LogP contribution in [0.3, 0.4) is 0 Å². The molecule has 9 heteroatoms. The normalized spacial score (nSPS) is 22.8. The van der Waals surface area contributed by atoms with Crippen molar-refractivity contribution in [3.8, 4) is 0 Å². The minimum Gasteiger partial charge on any atom is -0.368 e. The molecule has 4 rings (SSSR count). The molecule has 7 nitrogen and oxygen atoms in total. The van der Waals surface area contributed by atoms with Crippen molar-refractivity contribution in [2.24, 2.45) is 0 Å². The predicted molar refractivity (Wildman–Crippen MR) is 93.6 cm³/mol. The van der Waals surface area contributed by atoms with E-state index in [-0.39, 0.29) is 23.5 Å². The van der Waals surface area contributed by atoms with E-state index in [1.807, 2.05) is 0 Å². The summed E-state index contributed by atoms with van der Waals surface area (Å²) in [5.41, 5.74) is 0.662. The number of hydrogen-bond donors (Lipinski definition) is 1. The maximum absolute atomic E-state index is 13.1. The van der Waals surface area contributed by atoms with Crippen molar-refractivity contribution in [1.82, 2.24) is 10.2 Å². The molecule has 2 aromatic rings. The molecule has 1 aromatic carbocycles. The zero-order valence-corrected chi connectivity index (χ0v) is 14.7. The Morgan fingerprint density at radius 2 is 2.12 bits per heavy atom. The van der Waals surface area contributed by atoms with Gasteiger partial charge in [-0.3, -0.25) is 14.9 Å². The third-order valence-corrected chi connectivity index (χ3v) is 5.51. The highest BCUT2D eigenvalue weighted by Crippen LogP contribution is 2.34. The minimum atomic E-state index is -0.427. The van der Waals surface area contributed by atoms with E-state index in [4.69, 9.17) is 4.74 Å². The second kappa shape index (κ2) is 7.08. The molecule has 1 N–H and O–H groups in total. The third-order valence-electron chi connectivity index (χ3n) is 4.51. The van der Waals surface area contributed by atoms with Crippen molar-refractivity contribution in [1.29, 1.82) is 0 Å². The molecular formula is C17H17FN4O3S. The van der Waals surface area contributed by atoms with Crippen LogP contribution < -0.4 is 10.2 Å². The lowest BCUT2D eigenvalue weighted by Crippen LogP contribution is -2.26. The molecule has 136 valence electrons. The second-order valence-electron chi connectivity index (χ2n) is 6.32. The fraction of sp³-hybridized carbons (Fsp3) is 0.412. The summed E-state index contributed by atoms with van der Waals surface area (Å²) in [6.45, 7) is 1.06. The van der Waals surface area contributed by atoms with Crippen LogP contribution in [0.15, 0.2) is 24.3 Å². The van der Waals surface area contributed by atoms with E-state index in [0.717, 1.165) is 6.42 Å². The van der Waals surface area contributed by atoms with E-state index >= 15 is 0 Å². The maximum Gasteiger partial charge on any atom is 0.255 e. The van der Waals surface area contributed by atoms with E-state index in [0.29, 0.717) is 41.8 Å². The first-order valence-electron chi connectivity index (χ1n) is 8.42. The molecule has 26 heavy (non-hydrogen) atoms. The zero-order valence-electron chi connectivity index (χ0n) is 13.9. The average Bonchev–Trinajstić information content (AvgIpc) is 3.36. The molecule has 0 aliphatic carbocycles. The Labute approximate surface area is 153 Å². The van der Waals surface area contributed by atoms with Gasteiger partial charge in [-0.05, 0) is 37.1 Å². The highest BCUT2D eigenvalue weighted by molar-refractivity contribution is 7.15. The van der Waals surface area contributed by atoms with Crippen LogP contribution in [0.1, 0.15) is 30.2 Å². The summed E-state index contributed by atoms with van der Waals surface area (Å²) in [4.78, 5) is 26.0. The Kier molecular flexibility index (Phi) is 4.64. The number of ether oxygens (including phenoxy) is 1. The first kappa shape index (κ1) is 17.0. The molecule has 2 saturated heterocycles. The predicted octanol–water partition coefficient (Wildman–Crippen LogP) is 2.32. The van der Waals surface area contributed by atoms with Crippen LogP contribution in [0.4, 0.5) is 15.2 Å². The number of carbonyl (C=O) groups excluding carboxylic acids is 2. The summed E-state index contributed by atoms with van der Waals surface area (Å²) in [5.74, 6) is -0.687. The van der Waals surface area contributed by atoms with Crippen LogP contribution in [-0.2, 0) is 14.3 Å². The Morgan fingerprint density at radius 1 is 1.31 bits per heavy atom. The first-order valence-corrected chi connectivity index (χ1v) is 9.23. The average molecular weight is 376 g/mol. The van der Waals surface area contributed by atoms with Gasteiger partial charge in [-0.25, -0.2) is 4.39 Å². The van der Waals surface area contributed by atoms with E-state index < -0.39 is 6.10 Å². The smallest absolute Gasteiger partial charge is 0.255 e. The standard InChI is InChI=1S/C17H17FN4O3S/c18-11-3-5-12(6-4-11)22-9-10(8-14(22)23)16-20-21-17(26-16)19-15(24)13-2-1-7-25-13/h3-6,10,13H,1-2,7-9H2,(H,19,21,24). The summed E-state index contributed by atoms with van der Waals surface area (Å²) < 4.78 is 18.4. The number of halogens is 1. The molecule has 2 unspecified atom stereocenters. The molecule has 2 fully saturated rings. The van der Waals surface area contributed by atoms with Crippen molar-refractivity contribution < 1.29 is 18.7 Å². The van der Waals surface area contributed by atoms with Crippen molar-refractivity contribution in [3.63, 3.8) is 0 Å². The quantitative estimate of drug-likeness (QED) is 0.885. The number of aromatic nitrogens is 2. The van der Waals surface area contributed by atoms with Crippen LogP contribution in [0.5, 0.6) is 0 Å². The topological polar surface area (TPSA) is 84.4 Å². The SMILES string of the molecule is O=C(Nc1nnc(C2CC(=O)N(c3ccc(F)cc3)C2)s1)C1CCCO1. The summed E-state index contributed by atoms with van der Waals surface area (Å²) in [5, 5.41) is 12.0. The van der Waals surface area contributed by atoms with Crippen molar-refractivity contribution in [2.75, 3.05) is 23.4 Å². The minimum absolute atomic E-state index is 0.0400. The zero-order chi connectivity index (χ0) is 18.1. The largest absolute Gasteiger partial charge is 0.368 e. The van der Waals surface area contributed by atoms with Gasteiger partial charge >= 0.3 is 0 Å². The van der Waals surface area contributed by atoms with E-state index in [2.05, 4.69) is 15.5 Å². The molecule has 0 spiro atoms. The number of hydrogen-bond acceptors (Lipinski definition) is 6. The Hall–Kier alpha value is -2.39. The molecule has 1 aromatic heterocycles. The van der Waals surface area contributed by atoms with Gasteiger partial charge in [-0.2, -0.15) is 0 Å². The van der Waals surface area contributed by atoms with Gasteiger partial charge in [0, 0.05) is 31.2 Å². The van der Waals surface area contributed by atoms with Gasteiger partial charge < -0.3 is 9.64 Å². The molecule has 0 saturated carbocycles. The number of benzene rings is 1. The number of carbonyl (C=O) groups is 2. The summed E-state index contributed by atoms with van der Waals surface area (Å²) >= 11 is 1.27. The fourth-order valence-electron chi connectivity index (χ4n) is 3.16. The highest BCUT2D eigenvalue weighted by Gasteiger charge is 2.34. The van der Waals surface area contributed by atoms with Crippen LogP contribution in [0.25, 0.3) is 0 Å². The number of anilines is 2. The molecule has 0 radical (unpaired) electrons. The van der Waals surface area contributed by atoms with Gasteiger partial charge in [0.2, 0.25) is 11.0 Å². The van der Waals surface area contributed by atoms with Gasteiger partial charge in [0.05, 0.1) is 0 Å². The molecule has 2 aliphatic rings. The summed E-state index contributed by atoms with van der Waals surface area (Å²) in [6, 6.07) is 5.84. The van der Waals surface area contributed by atoms with Crippen LogP contribution >= 0.6 is 11.3 Å². The van der Waals surface area contributed by atoms with Crippen LogP contribution in [0.2, 0.25) is 0 Å². The van der Waals surface area contributed by atoms with Gasteiger partial charge in [-0.1, -0.05) is 11.3 Å². The highest BCUT2D eigenvalue weighted by atomic mass is 32.1. The van der Waals surface area contributed by atoms with Gasteiger partial charge in [0.25, 0.3) is 5.91 Å². The maximum atomic E-state index is 13.1. The molecule has 3 heterocycles. The second-order valence-corrected chi connectivity index (χ2v) is 7.33. The van der Waals surface area contributed by atoms with E-state index in [9.17, 15) is 14.0 Å². The molecule has 0 bridgehead atoms. The molecule has 2 aliphatic heterocycles. The van der Waals surface area contributed by atoms with Crippen molar-refractivity contribution in [2.45, 2.75) is 31.3 Å². The summed E-state index contributed by atoms with van der Waals surface area (Å²) in [6.07, 6.45) is 1.47. The van der Waals surface area contributed by atoms with E-state index in [1.54, 1.807) is 17.0 Å². The fourth-order valence-corrected chi connectivity index (χ4v) is 4.00. The third kappa shape index (κ3) is 3.45. The summed E-state index contributed by atoms with van der Waals surface area (Å²) in [7, 11) is 0. The van der Waals surface area contributed by atoms with Crippen LogP contribution in [0, 0.1) is 5.82 Å². The van der Waals surface area contributed by atoms with Gasteiger partial charge in [0.1, 0.15) is 16.9 Å². The number of amides is 2. The number of rotatable bonds is 4. The number of nitrogens with zero attached hydrogens (tertiary/aromatic N) is 3. The Morgan fingerprint density at radius 3 is 2.85 bits per heavy atom. The lowest BCUT2D eigenvalue weighted by molar-refractivity contribution is -0.124. The van der Waals surface area contributed by atoms with E-state index in [1.165, 1.54) is 23.5 Å².